The molecule has 1 saturated heterocycles. The van der Waals surface area contributed by atoms with E-state index in [1.807, 2.05) is 6.08 Å². The van der Waals surface area contributed by atoms with Gasteiger partial charge < -0.3 is 14.3 Å². The van der Waals surface area contributed by atoms with Gasteiger partial charge in [-0.25, -0.2) is 0 Å². The highest BCUT2D eigenvalue weighted by molar-refractivity contribution is 5.56. The molecule has 11 heavy (non-hydrogen) atoms. The van der Waals surface area contributed by atoms with E-state index < -0.39 is 0 Å². The van der Waals surface area contributed by atoms with E-state index in [-0.39, 0.29) is 12.0 Å². The normalized spacial score (nSPS) is 35.5. The maximum atomic E-state index is 10.5. The monoisotopic (exact) mass is 154 g/mol. The number of carbonyl (C=O) groups excluding carboxylic acids is 1. The topological polar surface area (TPSA) is 35.5 Å². The van der Waals surface area contributed by atoms with Gasteiger partial charge in [-0.05, 0) is 18.9 Å². The van der Waals surface area contributed by atoms with Crippen molar-refractivity contribution >= 4 is 6.29 Å². The molecule has 2 aliphatic rings. The molecule has 0 amide bonds. The van der Waals surface area contributed by atoms with Crippen molar-refractivity contribution in [1.29, 1.82) is 0 Å². The van der Waals surface area contributed by atoms with Crippen LogP contribution in [0.15, 0.2) is 11.8 Å². The van der Waals surface area contributed by atoms with Gasteiger partial charge in [0.15, 0.2) is 6.79 Å². The first kappa shape index (κ1) is 6.85. The van der Waals surface area contributed by atoms with E-state index in [2.05, 4.69) is 0 Å². The molecule has 0 N–H and O–H groups in total. The molecule has 1 aliphatic carbocycles. The number of hydrogen-bond acceptors (Lipinski definition) is 3. The van der Waals surface area contributed by atoms with Gasteiger partial charge in [-0.2, -0.15) is 0 Å². The molecule has 2 rings (SSSR count). The predicted molar refractivity (Wildman–Crippen MR) is 37.7 cm³/mol. The van der Waals surface area contributed by atoms with E-state index in [0.717, 1.165) is 24.9 Å². The first-order valence-electron chi connectivity index (χ1n) is 3.81. The van der Waals surface area contributed by atoms with Crippen molar-refractivity contribution in [3.63, 3.8) is 0 Å². The quantitative estimate of drug-likeness (QED) is 0.525. The summed E-state index contributed by atoms with van der Waals surface area (Å²) in [5.41, 5.74) is 0. The fourth-order valence-electron chi connectivity index (χ4n) is 1.56. The Hall–Kier alpha value is -0.830. The first-order chi connectivity index (χ1) is 5.42. The van der Waals surface area contributed by atoms with Crippen molar-refractivity contribution in [1.82, 2.24) is 0 Å². The standard InChI is InChI=1S/C8H10O3/c9-4-6-2-1-3-7-8(6)11-5-10-7/h3-4,6,8H,1-2,5H2/t6-,8+/m0/s1. The van der Waals surface area contributed by atoms with Crippen molar-refractivity contribution in [2.45, 2.75) is 18.9 Å². The van der Waals surface area contributed by atoms with Gasteiger partial charge >= 0.3 is 0 Å². The largest absolute Gasteiger partial charge is 0.469 e. The van der Waals surface area contributed by atoms with Gasteiger partial charge in [0, 0.05) is 5.92 Å². The molecule has 0 unspecified atom stereocenters. The van der Waals surface area contributed by atoms with E-state index in [0.29, 0.717) is 6.79 Å². The van der Waals surface area contributed by atoms with Crippen LogP contribution in [0.4, 0.5) is 0 Å². The molecule has 1 fully saturated rings. The van der Waals surface area contributed by atoms with Crippen molar-refractivity contribution in [2.24, 2.45) is 5.92 Å². The van der Waals surface area contributed by atoms with Crippen molar-refractivity contribution in [3.8, 4) is 0 Å². The molecule has 2 atom stereocenters. The Morgan fingerprint density at radius 3 is 3.36 bits per heavy atom. The zero-order valence-corrected chi connectivity index (χ0v) is 6.16. The van der Waals surface area contributed by atoms with Crippen molar-refractivity contribution in [3.05, 3.63) is 11.8 Å². The average molecular weight is 154 g/mol. The molecule has 1 aliphatic heterocycles. The molecule has 0 aromatic rings. The van der Waals surface area contributed by atoms with Crippen LogP contribution in [0, 0.1) is 5.92 Å². The second kappa shape index (κ2) is 2.66. The maximum Gasteiger partial charge on any atom is 0.189 e. The molecule has 3 heteroatoms. The molecule has 3 nitrogen and oxygen atoms in total. The number of rotatable bonds is 1. The van der Waals surface area contributed by atoms with Crippen LogP contribution >= 0.6 is 0 Å². The number of aldehydes is 1. The average Bonchev–Trinajstić information content (AvgIpc) is 2.50. The lowest BCUT2D eigenvalue weighted by molar-refractivity contribution is -0.114. The minimum absolute atomic E-state index is 0.0116. The Labute approximate surface area is 65.0 Å². The summed E-state index contributed by atoms with van der Waals surface area (Å²) in [5.74, 6) is 0.867. The van der Waals surface area contributed by atoms with Crippen molar-refractivity contribution in [2.75, 3.05) is 6.79 Å². The van der Waals surface area contributed by atoms with Gasteiger partial charge in [0.2, 0.25) is 0 Å². The maximum absolute atomic E-state index is 10.5. The van der Waals surface area contributed by atoms with Crippen LogP contribution in [0.1, 0.15) is 12.8 Å². The number of carbonyl (C=O) groups is 1. The summed E-state index contributed by atoms with van der Waals surface area (Å²) >= 11 is 0. The molecule has 0 aromatic heterocycles. The molecule has 0 radical (unpaired) electrons. The Balaban J connectivity index is 2.18. The van der Waals surface area contributed by atoms with Crippen LogP contribution < -0.4 is 0 Å². The number of allylic oxidation sites excluding steroid dienone is 1. The molecule has 0 saturated carbocycles. The van der Waals surface area contributed by atoms with Gasteiger partial charge in [-0.3, -0.25) is 0 Å². The van der Waals surface area contributed by atoms with Gasteiger partial charge in [0.1, 0.15) is 18.1 Å². The third kappa shape index (κ3) is 1.05. The number of hydrogen-bond donors (Lipinski definition) is 0. The third-order valence-corrected chi connectivity index (χ3v) is 2.16. The smallest absolute Gasteiger partial charge is 0.189 e. The second-order valence-corrected chi connectivity index (χ2v) is 2.83. The summed E-state index contributed by atoms with van der Waals surface area (Å²) < 4.78 is 10.4. The molecular weight excluding hydrogens is 144 g/mol. The molecule has 0 aromatic carbocycles. The Morgan fingerprint density at radius 1 is 1.64 bits per heavy atom. The Kier molecular flexibility index (Phi) is 1.66. The highest BCUT2D eigenvalue weighted by Crippen LogP contribution is 2.30. The van der Waals surface area contributed by atoms with Crippen LogP contribution in [0.5, 0.6) is 0 Å². The summed E-state index contributed by atoms with van der Waals surface area (Å²) in [6, 6.07) is 0. The highest BCUT2D eigenvalue weighted by Gasteiger charge is 2.33. The number of ether oxygens (including phenoxy) is 2. The van der Waals surface area contributed by atoms with Gasteiger partial charge in [0.05, 0.1) is 0 Å². The third-order valence-electron chi connectivity index (χ3n) is 2.16. The van der Waals surface area contributed by atoms with E-state index in [9.17, 15) is 4.79 Å². The summed E-state index contributed by atoms with van der Waals surface area (Å²) in [6.07, 6.45) is 4.71. The summed E-state index contributed by atoms with van der Waals surface area (Å²) in [4.78, 5) is 10.5. The Morgan fingerprint density at radius 2 is 2.55 bits per heavy atom. The van der Waals surface area contributed by atoms with Crippen LogP contribution in [-0.2, 0) is 14.3 Å². The lowest BCUT2D eigenvalue weighted by atomic mass is 9.92. The van der Waals surface area contributed by atoms with E-state index >= 15 is 0 Å². The molecule has 60 valence electrons. The molecule has 0 spiro atoms. The van der Waals surface area contributed by atoms with Gasteiger partial charge in [0.25, 0.3) is 0 Å². The van der Waals surface area contributed by atoms with Crippen LogP contribution in [-0.4, -0.2) is 19.2 Å². The fourth-order valence-corrected chi connectivity index (χ4v) is 1.56. The first-order valence-corrected chi connectivity index (χ1v) is 3.81. The van der Waals surface area contributed by atoms with E-state index in [1.54, 1.807) is 0 Å². The van der Waals surface area contributed by atoms with Crippen LogP contribution in [0.25, 0.3) is 0 Å². The van der Waals surface area contributed by atoms with Gasteiger partial charge in [-0.1, -0.05) is 0 Å². The minimum atomic E-state index is -0.0822. The molecule has 1 heterocycles. The summed E-state index contributed by atoms with van der Waals surface area (Å²) in [6.45, 7) is 0.306. The zero-order chi connectivity index (χ0) is 7.68. The number of fused-ring (bicyclic) bond motifs is 1. The van der Waals surface area contributed by atoms with Crippen LogP contribution in [0.3, 0.4) is 0 Å². The summed E-state index contributed by atoms with van der Waals surface area (Å²) in [5, 5.41) is 0. The SMILES string of the molecule is O=C[C@@H]1CCC=C2OCO[C@@H]21. The fraction of sp³-hybridized carbons (Fsp3) is 0.625. The summed E-state index contributed by atoms with van der Waals surface area (Å²) in [7, 11) is 0. The second-order valence-electron chi connectivity index (χ2n) is 2.83. The lowest BCUT2D eigenvalue weighted by Crippen LogP contribution is -2.25. The predicted octanol–water partition coefficient (Wildman–Crippen LogP) is 0.852. The minimum Gasteiger partial charge on any atom is -0.469 e. The highest BCUT2D eigenvalue weighted by atomic mass is 16.7. The van der Waals surface area contributed by atoms with Crippen molar-refractivity contribution < 1.29 is 14.3 Å². The molecular formula is C8H10O3. The zero-order valence-electron chi connectivity index (χ0n) is 6.16. The van der Waals surface area contributed by atoms with Gasteiger partial charge in [-0.15, -0.1) is 0 Å². The lowest BCUT2D eigenvalue weighted by Gasteiger charge is -2.19. The van der Waals surface area contributed by atoms with E-state index in [4.69, 9.17) is 9.47 Å². The molecule has 0 bridgehead atoms. The van der Waals surface area contributed by atoms with E-state index in [1.165, 1.54) is 0 Å². The Bertz CT molecular complexity index is 198. The van der Waals surface area contributed by atoms with Crippen LogP contribution in [0.2, 0.25) is 0 Å².